The summed E-state index contributed by atoms with van der Waals surface area (Å²) in [6.45, 7) is 13.4. The Hall–Kier alpha value is -0.430. The van der Waals surface area contributed by atoms with Crippen LogP contribution in [0.3, 0.4) is 0 Å². The lowest BCUT2D eigenvalue weighted by Gasteiger charge is -2.06. The molecule has 1 heteroatoms. The summed E-state index contributed by atoms with van der Waals surface area (Å²) in [7, 11) is 0. The maximum Gasteiger partial charge on any atom is 0.0118 e. The van der Waals surface area contributed by atoms with Gasteiger partial charge in [-0.15, -0.1) is 0 Å². The van der Waals surface area contributed by atoms with Crippen LogP contribution in [0.4, 0.5) is 0 Å². The summed E-state index contributed by atoms with van der Waals surface area (Å²) >= 11 is 2.06. The minimum Gasteiger partial charge on any atom is -0.155 e. The minimum absolute atomic E-state index is 0.788. The maximum atomic E-state index is 2.41. The van der Waals surface area contributed by atoms with E-state index < -0.39 is 0 Å². The largest absolute Gasteiger partial charge is 0.155 e. The number of thioether (sulfide) groups is 1. The van der Waals surface area contributed by atoms with Gasteiger partial charge >= 0.3 is 0 Å². The van der Waals surface area contributed by atoms with Crippen molar-refractivity contribution < 1.29 is 0 Å². The van der Waals surface area contributed by atoms with Crippen molar-refractivity contribution in [3.63, 3.8) is 0 Å². The molecule has 0 bridgehead atoms. The van der Waals surface area contributed by atoms with Gasteiger partial charge in [0, 0.05) is 11.0 Å². The van der Waals surface area contributed by atoms with Crippen LogP contribution in [0.15, 0.2) is 34.9 Å². The van der Waals surface area contributed by atoms with Crippen molar-refractivity contribution in [1.82, 2.24) is 0 Å². The molecule has 0 N–H and O–H groups in total. The minimum atomic E-state index is 0.788. The van der Waals surface area contributed by atoms with Crippen molar-refractivity contribution in [1.29, 1.82) is 0 Å². The van der Waals surface area contributed by atoms with Gasteiger partial charge in [-0.3, -0.25) is 0 Å². The van der Waals surface area contributed by atoms with Gasteiger partial charge in [0.1, 0.15) is 0 Å². The first-order valence-electron chi connectivity index (χ1n) is 8.01. The van der Waals surface area contributed by atoms with Crippen molar-refractivity contribution in [3.05, 3.63) is 34.9 Å². The standard InChI is InChI=1S/C19H34S/c1-7-19(6)20-15-14-18(5)13-9-12-17(4)11-8-10-16(2)3/h10,12,14,19H,7-9,11,13,15H2,1-6H3/b17-12+,18-14+/t19-/m0/s1. The van der Waals surface area contributed by atoms with Crippen molar-refractivity contribution in [2.45, 2.75) is 78.9 Å². The second-order valence-electron chi connectivity index (χ2n) is 6.01. The summed E-state index contributed by atoms with van der Waals surface area (Å²) in [6, 6.07) is 0. The van der Waals surface area contributed by atoms with Crippen LogP contribution < -0.4 is 0 Å². The molecular formula is C19H34S. The zero-order valence-electron chi connectivity index (χ0n) is 14.5. The molecular weight excluding hydrogens is 260 g/mol. The van der Waals surface area contributed by atoms with E-state index in [1.165, 1.54) is 54.6 Å². The maximum absolute atomic E-state index is 2.41. The van der Waals surface area contributed by atoms with Gasteiger partial charge < -0.3 is 0 Å². The van der Waals surface area contributed by atoms with E-state index in [1.54, 1.807) is 0 Å². The second-order valence-corrected chi connectivity index (χ2v) is 7.48. The van der Waals surface area contributed by atoms with Gasteiger partial charge in [0.2, 0.25) is 0 Å². The fourth-order valence-corrected chi connectivity index (χ4v) is 2.76. The average molecular weight is 295 g/mol. The van der Waals surface area contributed by atoms with Crippen LogP contribution in [0, 0.1) is 0 Å². The number of allylic oxidation sites excluding steroid dienone is 5. The molecule has 20 heavy (non-hydrogen) atoms. The molecule has 0 aromatic carbocycles. The summed E-state index contributed by atoms with van der Waals surface area (Å²) in [5, 5.41) is 0.788. The van der Waals surface area contributed by atoms with Crippen LogP contribution in [0.2, 0.25) is 0 Å². The Labute approximate surface area is 131 Å². The third-order valence-corrected chi connectivity index (χ3v) is 4.77. The molecule has 0 aromatic heterocycles. The quantitative estimate of drug-likeness (QED) is 0.393. The number of rotatable bonds is 10. The van der Waals surface area contributed by atoms with E-state index in [4.69, 9.17) is 0 Å². The molecule has 0 aliphatic rings. The molecule has 1 atom stereocenters. The highest BCUT2D eigenvalue weighted by atomic mass is 32.2. The van der Waals surface area contributed by atoms with Gasteiger partial charge in [-0.2, -0.15) is 11.8 Å². The SMILES string of the molecule is CC[C@H](C)SC/C=C(\C)CC/C=C(\C)CCC=C(C)C. The predicted octanol–water partition coefficient (Wildman–Crippen LogP) is 6.94. The summed E-state index contributed by atoms with van der Waals surface area (Å²) in [5.41, 5.74) is 4.49. The fraction of sp³-hybridized carbons (Fsp3) is 0.684. The Morgan fingerprint density at radius 3 is 2.00 bits per heavy atom. The van der Waals surface area contributed by atoms with Crippen molar-refractivity contribution in [2.24, 2.45) is 0 Å². The normalized spacial score (nSPS) is 14.3. The highest BCUT2D eigenvalue weighted by Crippen LogP contribution is 2.16. The Bertz CT molecular complexity index is 330. The molecule has 0 spiro atoms. The summed E-state index contributed by atoms with van der Waals surface area (Å²) < 4.78 is 0. The molecule has 0 heterocycles. The van der Waals surface area contributed by atoms with Crippen molar-refractivity contribution >= 4 is 11.8 Å². The molecule has 0 aromatic rings. The lowest BCUT2D eigenvalue weighted by Crippen LogP contribution is -1.93. The molecule has 0 radical (unpaired) electrons. The Balaban J connectivity index is 3.85. The summed E-state index contributed by atoms with van der Waals surface area (Å²) in [5.74, 6) is 1.17. The average Bonchev–Trinajstić information content (AvgIpc) is 2.38. The van der Waals surface area contributed by atoms with Gasteiger partial charge in [-0.25, -0.2) is 0 Å². The fourth-order valence-electron chi connectivity index (χ4n) is 1.81. The van der Waals surface area contributed by atoms with E-state index >= 15 is 0 Å². The summed E-state index contributed by atoms with van der Waals surface area (Å²) in [4.78, 5) is 0. The van der Waals surface area contributed by atoms with E-state index in [9.17, 15) is 0 Å². The Kier molecular flexibility index (Phi) is 12.1. The zero-order chi connectivity index (χ0) is 15.4. The Morgan fingerprint density at radius 2 is 1.45 bits per heavy atom. The molecule has 0 saturated heterocycles. The molecule has 116 valence electrons. The van der Waals surface area contributed by atoms with Crippen LogP contribution in [-0.4, -0.2) is 11.0 Å². The first kappa shape index (κ1) is 19.6. The number of hydrogen-bond acceptors (Lipinski definition) is 1. The van der Waals surface area contributed by atoms with Crippen molar-refractivity contribution in [3.8, 4) is 0 Å². The molecule has 0 aliphatic heterocycles. The van der Waals surface area contributed by atoms with Gasteiger partial charge in [-0.1, -0.05) is 48.8 Å². The van der Waals surface area contributed by atoms with Crippen LogP contribution in [0.5, 0.6) is 0 Å². The molecule has 0 saturated carbocycles. The van der Waals surface area contributed by atoms with E-state index in [1.807, 2.05) is 0 Å². The van der Waals surface area contributed by atoms with E-state index in [0.29, 0.717) is 0 Å². The third-order valence-electron chi connectivity index (χ3n) is 3.51. The molecule has 0 nitrogen and oxygen atoms in total. The smallest absolute Gasteiger partial charge is 0.0118 e. The van der Waals surface area contributed by atoms with E-state index in [0.717, 1.165) is 5.25 Å². The zero-order valence-corrected chi connectivity index (χ0v) is 15.3. The van der Waals surface area contributed by atoms with Crippen LogP contribution in [0.1, 0.15) is 73.6 Å². The topological polar surface area (TPSA) is 0 Å². The highest BCUT2D eigenvalue weighted by Gasteiger charge is 1.97. The molecule has 0 fully saturated rings. The molecule has 0 aliphatic carbocycles. The highest BCUT2D eigenvalue weighted by molar-refractivity contribution is 8.00. The van der Waals surface area contributed by atoms with Crippen LogP contribution in [0.25, 0.3) is 0 Å². The van der Waals surface area contributed by atoms with Crippen molar-refractivity contribution in [2.75, 3.05) is 5.75 Å². The monoisotopic (exact) mass is 294 g/mol. The van der Waals surface area contributed by atoms with Crippen LogP contribution >= 0.6 is 11.8 Å². The van der Waals surface area contributed by atoms with Crippen LogP contribution in [-0.2, 0) is 0 Å². The number of hydrogen-bond donors (Lipinski definition) is 0. The van der Waals surface area contributed by atoms with E-state index in [-0.39, 0.29) is 0 Å². The first-order chi connectivity index (χ1) is 9.45. The van der Waals surface area contributed by atoms with Gasteiger partial charge in [-0.05, 0) is 59.8 Å². The van der Waals surface area contributed by atoms with E-state index in [2.05, 4.69) is 71.5 Å². The second kappa shape index (κ2) is 12.3. The third kappa shape index (κ3) is 12.6. The summed E-state index contributed by atoms with van der Waals surface area (Å²) in [6.07, 6.45) is 13.2. The molecule has 0 rings (SSSR count). The molecule has 0 amide bonds. The lowest BCUT2D eigenvalue weighted by molar-refractivity contribution is 0.906. The molecule has 0 unspecified atom stereocenters. The predicted molar refractivity (Wildman–Crippen MR) is 97.6 cm³/mol. The Morgan fingerprint density at radius 1 is 0.900 bits per heavy atom. The van der Waals surface area contributed by atoms with Gasteiger partial charge in [0.05, 0.1) is 0 Å². The van der Waals surface area contributed by atoms with Gasteiger partial charge in [0.15, 0.2) is 0 Å². The van der Waals surface area contributed by atoms with Gasteiger partial charge in [0.25, 0.3) is 0 Å². The lowest BCUT2D eigenvalue weighted by atomic mass is 10.1. The first-order valence-corrected chi connectivity index (χ1v) is 9.06.